The van der Waals surface area contributed by atoms with E-state index in [1.54, 1.807) is 7.11 Å². The zero-order valence-corrected chi connectivity index (χ0v) is 16.7. The molecule has 3 aromatic carbocycles. The van der Waals surface area contributed by atoms with Gasteiger partial charge in [-0.25, -0.2) is 0 Å². The predicted molar refractivity (Wildman–Crippen MR) is 115 cm³/mol. The standard InChI is InChI=1S/C23H19N3O2S/c1-28-20-14-12-19(13-15-20)26-22(18-10-6-3-7-11-18)24-25-23(26)29-16-21(27)17-8-4-2-5-9-17/h2-15H,16H2,1H3. The summed E-state index contributed by atoms with van der Waals surface area (Å²) in [6.07, 6.45) is 0. The highest BCUT2D eigenvalue weighted by molar-refractivity contribution is 7.99. The second kappa shape index (κ2) is 8.75. The van der Waals surface area contributed by atoms with Gasteiger partial charge in [-0.05, 0) is 24.3 Å². The monoisotopic (exact) mass is 401 g/mol. The van der Waals surface area contributed by atoms with E-state index in [4.69, 9.17) is 4.74 Å². The Bertz CT molecular complexity index is 1090. The van der Waals surface area contributed by atoms with Crippen LogP contribution in [0.2, 0.25) is 0 Å². The lowest BCUT2D eigenvalue weighted by Crippen LogP contribution is -2.05. The Morgan fingerprint density at radius 2 is 1.55 bits per heavy atom. The molecule has 1 heterocycles. The highest BCUT2D eigenvalue weighted by Crippen LogP contribution is 2.29. The van der Waals surface area contributed by atoms with Crippen LogP contribution in [0.15, 0.2) is 90.1 Å². The van der Waals surface area contributed by atoms with E-state index in [1.807, 2.05) is 89.5 Å². The van der Waals surface area contributed by atoms with Crippen molar-refractivity contribution in [3.05, 3.63) is 90.5 Å². The molecule has 5 nitrogen and oxygen atoms in total. The Morgan fingerprint density at radius 3 is 2.21 bits per heavy atom. The Kier molecular flexibility index (Phi) is 5.72. The number of carbonyl (C=O) groups is 1. The molecule has 0 saturated heterocycles. The Labute approximate surface area is 173 Å². The third-order valence-electron chi connectivity index (χ3n) is 4.42. The van der Waals surface area contributed by atoms with Crippen molar-refractivity contribution in [1.82, 2.24) is 14.8 Å². The van der Waals surface area contributed by atoms with E-state index >= 15 is 0 Å². The number of hydrogen-bond donors (Lipinski definition) is 0. The molecule has 0 amide bonds. The van der Waals surface area contributed by atoms with Crippen LogP contribution in [0.4, 0.5) is 0 Å². The summed E-state index contributed by atoms with van der Waals surface area (Å²) in [5.41, 5.74) is 2.56. The first kappa shape index (κ1) is 19.0. The zero-order valence-electron chi connectivity index (χ0n) is 15.9. The Balaban J connectivity index is 1.68. The number of thioether (sulfide) groups is 1. The fraction of sp³-hybridized carbons (Fsp3) is 0.0870. The third-order valence-corrected chi connectivity index (χ3v) is 5.35. The van der Waals surface area contributed by atoms with Crippen LogP contribution in [-0.2, 0) is 0 Å². The maximum absolute atomic E-state index is 12.5. The van der Waals surface area contributed by atoms with Gasteiger partial charge in [0.25, 0.3) is 0 Å². The molecule has 0 unspecified atom stereocenters. The molecule has 29 heavy (non-hydrogen) atoms. The fourth-order valence-electron chi connectivity index (χ4n) is 2.94. The first-order valence-corrected chi connectivity index (χ1v) is 10.1. The van der Waals surface area contributed by atoms with Crippen molar-refractivity contribution in [1.29, 1.82) is 0 Å². The molecule has 0 N–H and O–H groups in total. The van der Waals surface area contributed by atoms with Gasteiger partial charge < -0.3 is 4.74 Å². The van der Waals surface area contributed by atoms with E-state index < -0.39 is 0 Å². The summed E-state index contributed by atoms with van der Waals surface area (Å²) in [4.78, 5) is 12.5. The molecule has 0 radical (unpaired) electrons. The van der Waals surface area contributed by atoms with Crippen LogP contribution in [0.5, 0.6) is 5.75 Å². The van der Waals surface area contributed by atoms with Crippen molar-refractivity contribution in [2.45, 2.75) is 5.16 Å². The van der Waals surface area contributed by atoms with Crippen molar-refractivity contribution in [2.24, 2.45) is 0 Å². The van der Waals surface area contributed by atoms with Crippen LogP contribution in [0.1, 0.15) is 10.4 Å². The summed E-state index contributed by atoms with van der Waals surface area (Å²) in [6.45, 7) is 0. The number of rotatable bonds is 7. The maximum atomic E-state index is 12.5. The van der Waals surface area contributed by atoms with E-state index in [9.17, 15) is 4.79 Å². The minimum absolute atomic E-state index is 0.0566. The smallest absolute Gasteiger partial charge is 0.196 e. The van der Waals surface area contributed by atoms with Crippen molar-refractivity contribution in [2.75, 3.05) is 12.9 Å². The van der Waals surface area contributed by atoms with Crippen molar-refractivity contribution < 1.29 is 9.53 Å². The van der Waals surface area contributed by atoms with Gasteiger partial charge in [0.05, 0.1) is 12.9 Å². The number of nitrogens with zero attached hydrogens (tertiary/aromatic N) is 3. The first-order chi connectivity index (χ1) is 14.3. The number of benzene rings is 3. The second-order valence-electron chi connectivity index (χ2n) is 6.28. The van der Waals surface area contributed by atoms with Crippen molar-refractivity contribution in [3.63, 3.8) is 0 Å². The molecule has 4 aromatic rings. The summed E-state index contributed by atoms with van der Waals surface area (Å²) < 4.78 is 7.24. The van der Waals surface area contributed by atoms with Gasteiger partial charge in [-0.3, -0.25) is 9.36 Å². The Morgan fingerprint density at radius 1 is 0.897 bits per heavy atom. The second-order valence-corrected chi connectivity index (χ2v) is 7.23. The topological polar surface area (TPSA) is 57.0 Å². The molecule has 144 valence electrons. The van der Waals surface area contributed by atoms with E-state index in [0.717, 1.165) is 22.8 Å². The van der Waals surface area contributed by atoms with Gasteiger partial charge >= 0.3 is 0 Å². The van der Waals surface area contributed by atoms with Gasteiger partial charge in [0.15, 0.2) is 16.8 Å². The number of ketones is 1. The predicted octanol–water partition coefficient (Wildman–Crippen LogP) is 4.92. The van der Waals surface area contributed by atoms with Gasteiger partial charge in [0.1, 0.15) is 5.75 Å². The molecule has 1 aromatic heterocycles. The van der Waals surface area contributed by atoms with Crippen molar-refractivity contribution >= 4 is 17.5 Å². The normalized spacial score (nSPS) is 10.7. The van der Waals surface area contributed by atoms with Crippen LogP contribution in [0, 0.1) is 0 Å². The molecular formula is C23H19N3O2S. The average molecular weight is 401 g/mol. The lowest BCUT2D eigenvalue weighted by atomic mass is 10.2. The van der Waals surface area contributed by atoms with E-state index in [0.29, 0.717) is 10.7 Å². The number of hydrogen-bond acceptors (Lipinski definition) is 5. The summed E-state index contributed by atoms with van der Waals surface area (Å²) in [6, 6.07) is 26.9. The molecule has 0 fully saturated rings. The summed E-state index contributed by atoms with van der Waals surface area (Å²) in [7, 11) is 1.64. The molecule has 4 rings (SSSR count). The molecule has 0 aliphatic rings. The maximum Gasteiger partial charge on any atom is 0.196 e. The zero-order chi connectivity index (χ0) is 20.1. The first-order valence-electron chi connectivity index (χ1n) is 9.12. The van der Waals surface area contributed by atoms with Crippen LogP contribution >= 0.6 is 11.8 Å². The van der Waals surface area contributed by atoms with Crippen LogP contribution in [0.3, 0.4) is 0 Å². The highest BCUT2D eigenvalue weighted by atomic mass is 32.2. The Hall–Kier alpha value is -3.38. The molecule has 0 bridgehead atoms. The number of methoxy groups -OCH3 is 1. The number of aromatic nitrogens is 3. The molecule has 0 atom stereocenters. The van der Waals surface area contributed by atoms with Gasteiger partial charge in [0, 0.05) is 16.8 Å². The molecule has 0 aliphatic carbocycles. The molecule has 6 heteroatoms. The summed E-state index contributed by atoms with van der Waals surface area (Å²) in [5, 5.41) is 9.44. The number of ether oxygens (including phenoxy) is 1. The van der Waals surface area contributed by atoms with Crippen LogP contribution in [-0.4, -0.2) is 33.4 Å². The van der Waals surface area contributed by atoms with Gasteiger partial charge in [-0.2, -0.15) is 0 Å². The van der Waals surface area contributed by atoms with Gasteiger partial charge in [0.2, 0.25) is 0 Å². The minimum atomic E-state index is 0.0566. The lowest BCUT2D eigenvalue weighted by molar-refractivity contribution is 0.102. The summed E-state index contributed by atoms with van der Waals surface area (Å²) >= 11 is 1.38. The number of Topliss-reactive ketones (excluding diaryl/α,β-unsaturated/α-hetero) is 1. The quantitative estimate of drug-likeness (QED) is 0.325. The fourth-order valence-corrected chi connectivity index (χ4v) is 3.79. The van der Waals surface area contributed by atoms with Crippen molar-refractivity contribution in [3.8, 4) is 22.8 Å². The average Bonchev–Trinajstić information content (AvgIpc) is 3.22. The molecule has 0 aliphatic heterocycles. The molecular weight excluding hydrogens is 382 g/mol. The molecule has 0 saturated carbocycles. The summed E-state index contributed by atoms with van der Waals surface area (Å²) in [5.74, 6) is 1.84. The van der Waals surface area contributed by atoms with Gasteiger partial charge in [-0.15, -0.1) is 10.2 Å². The highest BCUT2D eigenvalue weighted by Gasteiger charge is 2.17. The SMILES string of the molecule is COc1ccc(-n2c(SCC(=O)c3ccccc3)nnc2-c2ccccc2)cc1. The number of carbonyl (C=O) groups excluding carboxylic acids is 1. The minimum Gasteiger partial charge on any atom is -0.497 e. The van der Waals surface area contributed by atoms with Crippen LogP contribution in [0.25, 0.3) is 17.1 Å². The third kappa shape index (κ3) is 4.22. The lowest BCUT2D eigenvalue weighted by Gasteiger charge is -2.11. The van der Waals surface area contributed by atoms with E-state index in [-0.39, 0.29) is 11.5 Å². The van der Waals surface area contributed by atoms with Crippen LogP contribution < -0.4 is 4.74 Å². The van der Waals surface area contributed by atoms with E-state index in [2.05, 4.69) is 10.2 Å². The molecule has 0 spiro atoms. The largest absolute Gasteiger partial charge is 0.497 e. The van der Waals surface area contributed by atoms with E-state index in [1.165, 1.54) is 11.8 Å². The van der Waals surface area contributed by atoms with Gasteiger partial charge in [-0.1, -0.05) is 72.4 Å².